The molecule has 0 saturated carbocycles. The fourth-order valence-corrected chi connectivity index (χ4v) is 3.73. The lowest BCUT2D eigenvalue weighted by Crippen LogP contribution is -2.39. The Bertz CT molecular complexity index is 508. The lowest BCUT2D eigenvalue weighted by molar-refractivity contribution is -0.117. The van der Waals surface area contributed by atoms with Gasteiger partial charge in [0.25, 0.3) is 0 Å². The zero-order chi connectivity index (χ0) is 16.1. The van der Waals surface area contributed by atoms with Crippen molar-refractivity contribution >= 4 is 11.6 Å². The van der Waals surface area contributed by atoms with Crippen LogP contribution < -0.4 is 5.32 Å². The maximum atomic E-state index is 12.2. The Balaban J connectivity index is 1.46. The van der Waals surface area contributed by atoms with E-state index >= 15 is 0 Å². The normalized spacial score (nSPS) is 23.1. The summed E-state index contributed by atoms with van der Waals surface area (Å²) in [6.45, 7) is 8.33. The molecule has 0 aliphatic carbocycles. The molecule has 4 heteroatoms. The Morgan fingerprint density at radius 3 is 2.48 bits per heavy atom. The van der Waals surface area contributed by atoms with Crippen LogP contribution in [-0.4, -0.2) is 48.4 Å². The SMILES string of the molecule is C[C@@H]1CCCN(CC(=O)Nc2ccc(CN3CCCC3)cc2)C1. The highest BCUT2D eigenvalue weighted by molar-refractivity contribution is 5.92. The minimum absolute atomic E-state index is 0.103. The molecule has 4 nitrogen and oxygen atoms in total. The van der Waals surface area contributed by atoms with Crippen molar-refractivity contribution in [2.24, 2.45) is 5.92 Å². The van der Waals surface area contributed by atoms with Crippen LogP contribution in [0.2, 0.25) is 0 Å². The average Bonchev–Trinajstić information content (AvgIpc) is 3.02. The van der Waals surface area contributed by atoms with E-state index in [1.165, 1.54) is 44.3 Å². The van der Waals surface area contributed by atoms with Crippen LogP contribution in [-0.2, 0) is 11.3 Å². The Labute approximate surface area is 139 Å². The van der Waals surface area contributed by atoms with E-state index in [4.69, 9.17) is 0 Å². The third-order valence-corrected chi connectivity index (χ3v) is 4.95. The number of likely N-dealkylation sites (tertiary alicyclic amines) is 2. The van der Waals surface area contributed by atoms with E-state index in [2.05, 4.69) is 34.2 Å². The standard InChI is InChI=1S/C19H29N3O/c1-16-5-4-12-22(13-16)15-19(23)20-18-8-6-17(7-9-18)14-21-10-2-3-11-21/h6-9,16H,2-5,10-15H2,1H3,(H,20,23)/t16-/m1/s1. The molecule has 1 N–H and O–H groups in total. The van der Waals surface area contributed by atoms with Gasteiger partial charge in [0.1, 0.15) is 0 Å². The highest BCUT2D eigenvalue weighted by atomic mass is 16.2. The number of hydrogen-bond donors (Lipinski definition) is 1. The second-order valence-electron chi connectivity index (χ2n) is 7.21. The van der Waals surface area contributed by atoms with Crippen molar-refractivity contribution in [1.29, 1.82) is 0 Å². The van der Waals surface area contributed by atoms with Gasteiger partial charge in [0, 0.05) is 18.8 Å². The Morgan fingerprint density at radius 1 is 1.09 bits per heavy atom. The van der Waals surface area contributed by atoms with Crippen LogP contribution in [0.25, 0.3) is 0 Å². The fourth-order valence-electron chi connectivity index (χ4n) is 3.73. The second-order valence-corrected chi connectivity index (χ2v) is 7.21. The van der Waals surface area contributed by atoms with E-state index in [0.717, 1.165) is 25.3 Å². The van der Waals surface area contributed by atoms with Gasteiger partial charge in [0.15, 0.2) is 0 Å². The maximum absolute atomic E-state index is 12.2. The number of hydrogen-bond acceptors (Lipinski definition) is 3. The number of amides is 1. The van der Waals surface area contributed by atoms with Crippen molar-refractivity contribution in [3.63, 3.8) is 0 Å². The largest absolute Gasteiger partial charge is 0.325 e. The first-order valence-electron chi connectivity index (χ1n) is 9.02. The van der Waals surface area contributed by atoms with E-state index in [-0.39, 0.29) is 5.91 Å². The van der Waals surface area contributed by atoms with Crippen LogP contribution in [0.4, 0.5) is 5.69 Å². The van der Waals surface area contributed by atoms with Crippen LogP contribution >= 0.6 is 0 Å². The molecule has 1 amide bonds. The predicted molar refractivity (Wildman–Crippen MR) is 94.4 cm³/mol. The van der Waals surface area contributed by atoms with Crippen molar-refractivity contribution in [3.8, 4) is 0 Å². The summed E-state index contributed by atoms with van der Waals surface area (Å²) in [6.07, 6.45) is 5.14. The topological polar surface area (TPSA) is 35.6 Å². The second kappa shape index (κ2) is 7.93. The number of carbonyl (C=O) groups is 1. The van der Waals surface area contributed by atoms with E-state index in [9.17, 15) is 4.79 Å². The summed E-state index contributed by atoms with van der Waals surface area (Å²) in [4.78, 5) is 17.0. The van der Waals surface area contributed by atoms with Gasteiger partial charge in [0.2, 0.25) is 5.91 Å². The summed E-state index contributed by atoms with van der Waals surface area (Å²) in [5.74, 6) is 0.813. The van der Waals surface area contributed by atoms with Crippen molar-refractivity contribution in [1.82, 2.24) is 9.80 Å². The number of anilines is 1. The van der Waals surface area contributed by atoms with Crippen molar-refractivity contribution in [2.75, 3.05) is 38.0 Å². The number of rotatable bonds is 5. The highest BCUT2D eigenvalue weighted by Gasteiger charge is 2.18. The molecule has 1 atom stereocenters. The summed E-state index contributed by atoms with van der Waals surface area (Å²) in [5, 5.41) is 3.03. The number of carbonyl (C=O) groups excluding carboxylic acids is 1. The van der Waals surface area contributed by atoms with E-state index < -0.39 is 0 Å². The van der Waals surface area contributed by atoms with Crippen LogP contribution in [0.5, 0.6) is 0 Å². The first-order chi connectivity index (χ1) is 11.2. The van der Waals surface area contributed by atoms with Crippen LogP contribution in [0, 0.1) is 5.92 Å². The third-order valence-electron chi connectivity index (χ3n) is 4.95. The van der Waals surface area contributed by atoms with Gasteiger partial charge in [0.05, 0.1) is 6.54 Å². The minimum Gasteiger partial charge on any atom is -0.325 e. The summed E-state index contributed by atoms with van der Waals surface area (Å²) < 4.78 is 0. The Morgan fingerprint density at radius 2 is 1.78 bits per heavy atom. The number of benzene rings is 1. The van der Waals surface area contributed by atoms with Crippen molar-refractivity contribution in [2.45, 2.75) is 39.2 Å². The van der Waals surface area contributed by atoms with Gasteiger partial charge in [-0.1, -0.05) is 19.1 Å². The third kappa shape index (κ3) is 5.05. The lowest BCUT2D eigenvalue weighted by Gasteiger charge is -2.30. The molecule has 2 saturated heterocycles. The molecular weight excluding hydrogens is 286 g/mol. The summed E-state index contributed by atoms with van der Waals surface area (Å²) >= 11 is 0. The van der Waals surface area contributed by atoms with E-state index in [1.54, 1.807) is 0 Å². The molecular formula is C19H29N3O. The Kier molecular flexibility index (Phi) is 5.68. The lowest BCUT2D eigenvalue weighted by atomic mass is 10.0. The molecule has 0 spiro atoms. The summed E-state index contributed by atoms with van der Waals surface area (Å²) in [7, 11) is 0. The molecule has 0 aromatic heterocycles. The highest BCUT2D eigenvalue weighted by Crippen LogP contribution is 2.17. The van der Waals surface area contributed by atoms with Crippen LogP contribution in [0.1, 0.15) is 38.2 Å². The van der Waals surface area contributed by atoms with Gasteiger partial charge < -0.3 is 5.32 Å². The number of nitrogens with one attached hydrogen (secondary N) is 1. The smallest absolute Gasteiger partial charge is 0.238 e. The van der Waals surface area contributed by atoms with E-state index in [1.807, 2.05) is 12.1 Å². The fraction of sp³-hybridized carbons (Fsp3) is 0.632. The van der Waals surface area contributed by atoms with Crippen molar-refractivity contribution in [3.05, 3.63) is 29.8 Å². The molecule has 0 radical (unpaired) electrons. The first-order valence-corrected chi connectivity index (χ1v) is 9.02. The summed E-state index contributed by atoms with van der Waals surface area (Å²) in [6, 6.07) is 8.33. The molecule has 0 bridgehead atoms. The van der Waals surface area contributed by atoms with Crippen LogP contribution in [0.15, 0.2) is 24.3 Å². The molecule has 0 unspecified atom stereocenters. The monoisotopic (exact) mass is 315 g/mol. The van der Waals surface area contributed by atoms with Crippen LogP contribution in [0.3, 0.4) is 0 Å². The molecule has 1 aromatic carbocycles. The summed E-state index contributed by atoms with van der Waals surface area (Å²) in [5.41, 5.74) is 2.24. The minimum atomic E-state index is 0.103. The predicted octanol–water partition coefficient (Wildman–Crippen LogP) is 2.95. The van der Waals surface area contributed by atoms with Gasteiger partial charge in [-0.25, -0.2) is 0 Å². The average molecular weight is 315 g/mol. The quantitative estimate of drug-likeness (QED) is 0.907. The molecule has 23 heavy (non-hydrogen) atoms. The molecule has 3 rings (SSSR count). The first kappa shape index (κ1) is 16.5. The van der Waals surface area contributed by atoms with Gasteiger partial charge in [-0.3, -0.25) is 14.6 Å². The molecule has 2 aliphatic heterocycles. The molecule has 2 fully saturated rings. The number of piperidine rings is 1. The van der Waals surface area contributed by atoms with Crippen molar-refractivity contribution < 1.29 is 4.79 Å². The van der Waals surface area contributed by atoms with Gasteiger partial charge in [-0.05, 0) is 68.9 Å². The molecule has 1 aromatic rings. The Hall–Kier alpha value is -1.39. The zero-order valence-electron chi connectivity index (χ0n) is 14.3. The molecule has 126 valence electrons. The zero-order valence-corrected chi connectivity index (χ0v) is 14.3. The van der Waals surface area contributed by atoms with Gasteiger partial charge in [-0.2, -0.15) is 0 Å². The number of nitrogens with zero attached hydrogens (tertiary/aromatic N) is 2. The van der Waals surface area contributed by atoms with E-state index in [0.29, 0.717) is 12.5 Å². The van der Waals surface area contributed by atoms with Gasteiger partial charge >= 0.3 is 0 Å². The maximum Gasteiger partial charge on any atom is 0.238 e. The van der Waals surface area contributed by atoms with Gasteiger partial charge in [-0.15, -0.1) is 0 Å². The molecule has 2 heterocycles. The molecule has 2 aliphatic rings.